The molecule has 0 saturated heterocycles. The molecule has 1 aliphatic rings. The number of carbonyl (C=O) groups is 1. The van der Waals surface area contributed by atoms with E-state index in [2.05, 4.69) is 34.3 Å². The van der Waals surface area contributed by atoms with Crippen LogP contribution in [0.3, 0.4) is 0 Å². The largest absolute Gasteiger partial charge is 0.349 e. The van der Waals surface area contributed by atoms with E-state index in [1.54, 1.807) is 6.20 Å². The Morgan fingerprint density at radius 1 is 1.33 bits per heavy atom. The summed E-state index contributed by atoms with van der Waals surface area (Å²) in [6.45, 7) is 0.658. The van der Waals surface area contributed by atoms with Gasteiger partial charge < -0.3 is 10.2 Å². The van der Waals surface area contributed by atoms with E-state index >= 15 is 0 Å². The standard InChI is InChI=1S/C16H20N4O/c1-20(2)15(11-7-8-11)10-18-16(21)14-9-17-12-5-3-4-6-13(12)19-14/h3-6,9,11,15H,7-8,10H2,1-2H3,(H,18,21)/t15-/m0/s1. The van der Waals surface area contributed by atoms with Crippen LogP contribution in [0, 0.1) is 5.92 Å². The summed E-state index contributed by atoms with van der Waals surface area (Å²) in [4.78, 5) is 23.1. The van der Waals surface area contributed by atoms with E-state index in [1.165, 1.54) is 12.8 Å². The highest BCUT2D eigenvalue weighted by Gasteiger charge is 2.32. The average Bonchev–Trinajstić information content (AvgIpc) is 3.31. The number of rotatable bonds is 5. The van der Waals surface area contributed by atoms with Gasteiger partial charge in [-0.1, -0.05) is 12.1 Å². The van der Waals surface area contributed by atoms with Gasteiger partial charge in [0, 0.05) is 12.6 Å². The molecular weight excluding hydrogens is 264 g/mol. The Morgan fingerprint density at radius 2 is 2.05 bits per heavy atom. The Morgan fingerprint density at radius 3 is 2.71 bits per heavy atom. The number of fused-ring (bicyclic) bond motifs is 1. The molecule has 1 saturated carbocycles. The fourth-order valence-electron chi connectivity index (χ4n) is 2.61. The van der Waals surface area contributed by atoms with E-state index in [1.807, 2.05) is 24.3 Å². The van der Waals surface area contributed by atoms with E-state index in [-0.39, 0.29) is 5.91 Å². The van der Waals surface area contributed by atoms with Crippen molar-refractivity contribution in [2.24, 2.45) is 5.92 Å². The number of hydrogen-bond acceptors (Lipinski definition) is 4. The van der Waals surface area contributed by atoms with E-state index in [4.69, 9.17) is 0 Å². The van der Waals surface area contributed by atoms with Gasteiger partial charge in [0.15, 0.2) is 0 Å². The number of nitrogens with zero attached hydrogens (tertiary/aromatic N) is 3. The summed E-state index contributed by atoms with van der Waals surface area (Å²) in [5.41, 5.74) is 1.93. The highest BCUT2D eigenvalue weighted by molar-refractivity contribution is 5.93. The first-order chi connectivity index (χ1) is 10.1. The van der Waals surface area contributed by atoms with Crippen molar-refractivity contribution >= 4 is 16.9 Å². The predicted molar refractivity (Wildman–Crippen MR) is 82.1 cm³/mol. The van der Waals surface area contributed by atoms with Gasteiger partial charge in [-0.15, -0.1) is 0 Å². The Kier molecular flexibility index (Phi) is 3.84. The van der Waals surface area contributed by atoms with Gasteiger partial charge >= 0.3 is 0 Å². The van der Waals surface area contributed by atoms with Crippen LogP contribution >= 0.6 is 0 Å². The summed E-state index contributed by atoms with van der Waals surface area (Å²) in [5, 5.41) is 2.98. The second-order valence-electron chi connectivity index (χ2n) is 5.82. The Hall–Kier alpha value is -2.01. The molecule has 1 aliphatic carbocycles. The second-order valence-corrected chi connectivity index (χ2v) is 5.82. The van der Waals surface area contributed by atoms with Gasteiger partial charge in [0.25, 0.3) is 5.91 Å². The lowest BCUT2D eigenvalue weighted by Gasteiger charge is -2.24. The summed E-state index contributed by atoms with van der Waals surface area (Å²) in [7, 11) is 4.12. The van der Waals surface area contributed by atoms with Gasteiger partial charge in [0.2, 0.25) is 0 Å². The van der Waals surface area contributed by atoms with Crippen molar-refractivity contribution < 1.29 is 4.79 Å². The second kappa shape index (κ2) is 5.77. The molecule has 5 heteroatoms. The van der Waals surface area contributed by atoms with Crippen LogP contribution in [0.15, 0.2) is 30.5 Å². The van der Waals surface area contributed by atoms with E-state index in [0.29, 0.717) is 24.2 Å². The summed E-state index contributed by atoms with van der Waals surface area (Å²) >= 11 is 0. The number of aromatic nitrogens is 2. The van der Waals surface area contributed by atoms with Crippen LogP contribution in [-0.4, -0.2) is 47.5 Å². The maximum absolute atomic E-state index is 12.2. The van der Waals surface area contributed by atoms with Gasteiger partial charge in [0.05, 0.1) is 17.2 Å². The molecule has 0 radical (unpaired) electrons. The lowest BCUT2D eigenvalue weighted by atomic mass is 10.1. The number of para-hydroxylation sites is 2. The zero-order valence-corrected chi connectivity index (χ0v) is 12.4. The smallest absolute Gasteiger partial charge is 0.271 e. The van der Waals surface area contributed by atoms with Crippen molar-refractivity contribution in [2.75, 3.05) is 20.6 Å². The Labute approximate surface area is 124 Å². The molecule has 0 bridgehead atoms. The van der Waals surface area contributed by atoms with Gasteiger partial charge in [-0.2, -0.15) is 0 Å². The zero-order valence-electron chi connectivity index (χ0n) is 12.4. The van der Waals surface area contributed by atoms with Gasteiger partial charge in [-0.25, -0.2) is 4.98 Å². The van der Waals surface area contributed by atoms with Crippen molar-refractivity contribution in [1.82, 2.24) is 20.2 Å². The number of nitrogens with one attached hydrogen (secondary N) is 1. The number of amides is 1. The maximum Gasteiger partial charge on any atom is 0.271 e. The third-order valence-electron chi connectivity index (χ3n) is 3.98. The molecule has 0 unspecified atom stereocenters. The summed E-state index contributed by atoms with van der Waals surface area (Å²) in [6.07, 6.45) is 4.06. The van der Waals surface area contributed by atoms with Gasteiger partial charge in [-0.3, -0.25) is 9.78 Å². The highest BCUT2D eigenvalue weighted by atomic mass is 16.1. The van der Waals surface area contributed by atoms with Crippen molar-refractivity contribution in [3.8, 4) is 0 Å². The van der Waals surface area contributed by atoms with Crippen LogP contribution in [0.4, 0.5) is 0 Å². The monoisotopic (exact) mass is 284 g/mol. The minimum Gasteiger partial charge on any atom is -0.349 e. The molecule has 5 nitrogen and oxygen atoms in total. The minimum atomic E-state index is -0.152. The molecule has 1 atom stereocenters. The third kappa shape index (κ3) is 3.19. The van der Waals surface area contributed by atoms with Crippen LogP contribution in [0.5, 0.6) is 0 Å². The molecule has 0 aliphatic heterocycles. The Bertz CT molecular complexity index is 650. The molecule has 2 aromatic rings. The Balaban J connectivity index is 1.68. The van der Waals surface area contributed by atoms with E-state index < -0.39 is 0 Å². The van der Waals surface area contributed by atoms with Crippen LogP contribution in [0.2, 0.25) is 0 Å². The summed E-state index contributed by atoms with van der Waals surface area (Å²) in [5.74, 6) is 0.559. The van der Waals surface area contributed by atoms with Gasteiger partial charge in [0.1, 0.15) is 5.69 Å². The molecule has 3 rings (SSSR count). The van der Waals surface area contributed by atoms with Crippen molar-refractivity contribution in [1.29, 1.82) is 0 Å². The summed E-state index contributed by atoms with van der Waals surface area (Å²) in [6, 6.07) is 7.97. The van der Waals surface area contributed by atoms with E-state index in [9.17, 15) is 4.79 Å². The lowest BCUT2D eigenvalue weighted by Crippen LogP contribution is -2.41. The SMILES string of the molecule is CN(C)[C@@H](CNC(=O)c1cnc2ccccc2n1)C1CC1. The highest BCUT2D eigenvalue weighted by Crippen LogP contribution is 2.34. The molecule has 0 spiro atoms. The number of benzene rings is 1. The fraction of sp³-hybridized carbons (Fsp3) is 0.438. The fourth-order valence-corrected chi connectivity index (χ4v) is 2.61. The van der Waals surface area contributed by atoms with Crippen molar-refractivity contribution in [2.45, 2.75) is 18.9 Å². The number of likely N-dealkylation sites (N-methyl/N-ethyl adjacent to an activating group) is 1. The predicted octanol–water partition coefficient (Wildman–Crippen LogP) is 1.70. The maximum atomic E-state index is 12.2. The van der Waals surface area contributed by atoms with E-state index in [0.717, 1.165) is 11.0 Å². The number of hydrogen-bond donors (Lipinski definition) is 1. The molecule has 1 N–H and O–H groups in total. The molecule has 1 fully saturated rings. The summed E-state index contributed by atoms with van der Waals surface area (Å²) < 4.78 is 0. The first kappa shape index (κ1) is 13.9. The topological polar surface area (TPSA) is 58.1 Å². The normalized spacial score (nSPS) is 16.1. The third-order valence-corrected chi connectivity index (χ3v) is 3.98. The van der Waals surface area contributed by atoms with Crippen LogP contribution in [-0.2, 0) is 0 Å². The molecule has 1 aromatic heterocycles. The zero-order chi connectivity index (χ0) is 14.8. The van der Waals surface area contributed by atoms with Crippen molar-refractivity contribution in [3.63, 3.8) is 0 Å². The average molecular weight is 284 g/mol. The molecular formula is C16H20N4O. The first-order valence-electron chi connectivity index (χ1n) is 7.31. The minimum absolute atomic E-state index is 0.152. The van der Waals surface area contributed by atoms with Crippen molar-refractivity contribution in [3.05, 3.63) is 36.2 Å². The molecule has 1 heterocycles. The molecule has 21 heavy (non-hydrogen) atoms. The van der Waals surface area contributed by atoms with Crippen LogP contribution in [0.25, 0.3) is 11.0 Å². The molecule has 1 aromatic carbocycles. The number of carbonyl (C=O) groups excluding carboxylic acids is 1. The van der Waals surface area contributed by atoms with Gasteiger partial charge in [-0.05, 0) is 45.0 Å². The van der Waals surface area contributed by atoms with Crippen LogP contribution < -0.4 is 5.32 Å². The molecule has 110 valence electrons. The molecule has 1 amide bonds. The first-order valence-corrected chi connectivity index (χ1v) is 7.31. The van der Waals surface area contributed by atoms with Crippen LogP contribution in [0.1, 0.15) is 23.3 Å². The lowest BCUT2D eigenvalue weighted by molar-refractivity contribution is 0.0934. The quantitative estimate of drug-likeness (QED) is 0.908.